The smallest absolute Gasteiger partial charge is 0.339 e. The second-order valence-corrected chi connectivity index (χ2v) is 6.87. The van der Waals surface area contributed by atoms with Crippen LogP contribution >= 0.6 is 0 Å². The monoisotopic (exact) mass is 362 g/mol. The number of nitrogens with zero attached hydrogens (tertiary/aromatic N) is 2. The maximum Gasteiger partial charge on any atom is 0.339 e. The standard InChI is InChI=1S/C22H22N2O3/c1-16-7-6-12-24(14-16)21(25)15-27-22(26)20-11-5-4-10-19(20)18-9-3-2-8-17(18)13-23/h2-5,8-11,16H,6-7,12,14-15H2,1H3/t16-/m1/s1. The lowest BCUT2D eigenvalue weighted by atomic mass is 9.96. The summed E-state index contributed by atoms with van der Waals surface area (Å²) in [6, 6.07) is 16.2. The van der Waals surface area contributed by atoms with Crippen LogP contribution < -0.4 is 0 Å². The Kier molecular flexibility index (Phi) is 5.87. The SMILES string of the molecule is C[C@@H]1CCCN(C(=O)COC(=O)c2ccccc2-c2ccccc2C#N)C1. The number of benzene rings is 2. The number of ether oxygens (including phenoxy) is 1. The van der Waals surface area contributed by atoms with Crippen LogP contribution in [0.15, 0.2) is 48.5 Å². The van der Waals surface area contributed by atoms with Gasteiger partial charge in [0, 0.05) is 18.7 Å². The highest BCUT2D eigenvalue weighted by Gasteiger charge is 2.23. The average Bonchev–Trinajstić information content (AvgIpc) is 2.71. The fourth-order valence-corrected chi connectivity index (χ4v) is 3.42. The number of likely N-dealkylation sites (tertiary alicyclic amines) is 1. The number of carbonyl (C=O) groups excluding carboxylic acids is 2. The van der Waals surface area contributed by atoms with E-state index in [-0.39, 0.29) is 12.5 Å². The van der Waals surface area contributed by atoms with E-state index in [0.717, 1.165) is 12.8 Å². The molecule has 1 aliphatic rings. The third-order valence-electron chi connectivity index (χ3n) is 4.82. The normalized spacial score (nSPS) is 16.4. The molecule has 2 aromatic carbocycles. The van der Waals surface area contributed by atoms with Crippen molar-refractivity contribution in [1.29, 1.82) is 5.26 Å². The van der Waals surface area contributed by atoms with E-state index < -0.39 is 5.97 Å². The summed E-state index contributed by atoms with van der Waals surface area (Å²) in [6.07, 6.45) is 2.10. The summed E-state index contributed by atoms with van der Waals surface area (Å²) >= 11 is 0. The summed E-state index contributed by atoms with van der Waals surface area (Å²) in [4.78, 5) is 26.7. The van der Waals surface area contributed by atoms with E-state index in [0.29, 0.717) is 41.3 Å². The van der Waals surface area contributed by atoms with Crippen LogP contribution in [0.1, 0.15) is 35.7 Å². The van der Waals surface area contributed by atoms with Crippen LogP contribution in [0, 0.1) is 17.2 Å². The zero-order valence-electron chi connectivity index (χ0n) is 15.4. The number of hydrogen-bond acceptors (Lipinski definition) is 4. The highest BCUT2D eigenvalue weighted by Crippen LogP contribution is 2.27. The highest BCUT2D eigenvalue weighted by molar-refractivity contribution is 5.98. The van der Waals surface area contributed by atoms with Crippen molar-refractivity contribution >= 4 is 11.9 Å². The lowest BCUT2D eigenvalue weighted by molar-refractivity contribution is -0.136. The minimum absolute atomic E-state index is 0.162. The van der Waals surface area contributed by atoms with Crippen LogP contribution in [0.5, 0.6) is 0 Å². The molecule has 0 aromatic heterocycles. The Morgan fingerprint density at radius 1 is 1.15 bits per heavy atom. The van der Waals surface area contributed by atoms with Crippen LogP contribution in [0.4, 0.5) is 0 Å². The molecule has 0 aliphatic carbocycles. The van der Waals surface area contributed by atoms with Gasteiger partial charge in [-0.1, -0.05) is 43.3 Å². The quantitative estimate of drug-likeness (QED) is 0.779. The van der Waals surface area contributed by atoms with Crippen molar-refractivity contribution in [3.05, 3.63) is 59.7 Å². The van der Waals surface area contributed by atoms with Crippen molar-refractivity contribution in [3.8, 4) is 17.2 Å². The second-order valence-electron chi connectivity index (χ2n) is 6.87. The van der Waals surface area contributed by atoms with Crippen molar-refractivity contribution < 1.29 is 14.3 Å². The number of nitriles is 1. The molecule has 1 heterocycles. The number of carbonyl (C=O) groups is 2. The van der Waals surface area contributed by atoms with Gasteiger partial charge in [0.1, 0.15) is 0 Å². The summed E-state index contributed by atoms with van der Waals surface area (Å²) in [7, 11) is 0. The Morgan fingerprint density at radius 3 is 2.59 bits per heavy atom. The minimum atomic E-state index is -0.559. The number of rotatable bonds is 4. The van der Waals surface area contributed by atoms with Gasteiger partial charge in [-0.3, -0.25) is 4.79 Å². The van der Waals surface area contributed by atoms with Crippen LogP contribution in [-0.2, 0) is 9.53 Å². The van der Waals surface area contributed by atoms with E-state index in [1.807, 2.05) is 6.07 Å². The molecular formula is C22H22N2O3. The fourth-order valence-electron chi connectivity index (χ4n) is 3.42. The molecule has 0 saturated carbocycles. The molecule has 0 bridgehead atoms. The number of esters is 1. The summed E-state index contributed by atoms with van der Waals surface area (Å²) in [5, 5.41) is 9.33. The average molecular weight is 362 g/mol. The number of amides is 1. The second kappa shape index (κ2) is 8.50. The molecule has 1 saturated heterocycles. The van der Waals surface area contributed by atoms with Gasteiger partial charge in [0.15, 0.2) is 6.61 Å². The largest absolute Gasteiger partial charge is 0.452 e. The van der Waals surface area contributed by atoms with Gasteiger partial charge in [-0.2, -0.15) is 5.26 Å². The summed E-state index contributed by atoms with van der Waals surface area (Å²) < 4.78 is 5.30. The molecule has 5 nitrogen and oxygen atoms in total. The molecule has 3 rings (SSSR count). The van der Waals surface area contributed by atoms with Gasteiger partial charge < -0.3 is 9.64 Å². The van der Waals surface area contributed by atoms with E-state index in [1.54, 1.807) is 47.4 Å². The molecule has 0 radical (unpaired) electrons. The Hall–Kier alpha value is -3.13. The van der Waals surface area contributed by atoms with Gasteiger partial charge in [-0.15, -0.1) is 0 Å². The molecule has 0 spiro atoms. The lowest BCUT2D eigenvalue weighted by Gasteiger charge is -2.30. The molecule has 27 heavy (non-hydrogen) atoms. The molecular weight excluding hydrogens is 340 g/mol. The van der Waals surface area contributed by atoms with E-state index in [2.05, 4.69) is 13.0 Å². The summed E-state index contributed by atoms with van der Waals surface area (Å²) in [5.74, 6) is -0.247. The van der Waals surface area contributed by atoms with Crippen molar-refractivity contribution in [2.45, 2.75) is 19.8 Å². The van der Waals surface area contributed by atoms with Crippen molar-refractivity contribution in [1.82, 2.24) is 4.90 Å². The summed E-state index contributed by atoms with van der Waals surface area (Å²) in [6.45, 7) is 3.28. The van der Waals surface area contributed by atoms with Gasteiger partial charge in [0.05, 0.1) is 17.2 Å². The van der Waals surface area contributed by atoms with Gasteiger partial charge in [-0.25, -0.2) is 4.79 Å². The van der Waals surface area contributed by atoms with Gasteiger partial charge in [0.25, 0.3) is 5.91 Å². The first-order chi connectivity index (χ1) is 13.1. The first-order valence-electron chi connectivity index (χ1n) is 9.13. The Balaban J connectivity index is 1.74. The molecule has 5 heteroatoms. The zero-order chi connectivity index (χ0) is 19.2. The third kappa shape index (κ3) is 4.35. The Labute approximate surface area is 159 Å². The molecule has 2 aromatic rings. The molecule has 1 amide bonds. The predicted octanol–water partition coefficient (Wildman–Crippen LogP) is 3.64. The van der Waals surface area contributed by atoms with E-state index in [9.17, 15) is 14.9 Å². The van der Waals surface area contributed by atoms with Crippen molar-refractivity contribution in [3.63, 3.8) is 0 Å². The molecule has 0 unspecified atom stereocenters. The predicted molar refractivity (Wildman–Crippen MR) is 102 cm³/mol. The highest BCUT2D eigenvalue weighted by atomic mass is 16.5. The minimum Gasteiger partial charge on any atom is -0.452 e. The fraction of sp³-hybridized carbons (Fsp3) is 0.318. The van der Waals surface area contributed by atoms with Gasteiger partial charge in [-0.05, 0) is 36.5 Å². The van der Waals surface area contributed by atoms with Crippen molar-refractivity contribution in [2.75, 3.05) is 19.7 Å². The molecule has 1 aliphatic heterocycles. The van der Waals surface area contributed by atoms with Gasteiger partial charge >= 0.3 is 5.97 Å². The molecule has 1 fully saturated rings. The van der Waals surface area contributed by atoms with E-state index in [1.165, 1.54) is 0 Å². The van der Waals surface area contributed by atoms with Gasteiger partial charge in [0.2, 0.25) is 0 Å². The first-order valence-corrected chi connectivity index (χ1v) is 9.13. The Bertz CT molecular complexity index is 885. The summed E-state index contributed by atoms with van der Waals surface area (Å²) in [5.41, 5.74) is 2.12. The number of hydrogen-bond donors (Lipinski definition) is 0. The third-order valence-corrected chi connectivity index (χ3v) is 4.82. The zero-order valence-corrected chi connectivity index (χ0v) is 15.4. The maximum absolute atomic E-state index is 12.6. The number of piperidine rings is 1. The van der Waals surface area contributed by atoms with Crippen LogP contribution in [0.25, 0.3) is 11.1 Å². The van der Waals surface area contributed by atoms with E-state index >= 15 is 0 Å². The van der Waals surface area contributed by atoms with E-state index in [4.69, 9.17) is 4.74 Å². The van der Waals surface area contributed by atoms with Crippen LogP contribution in [-0.4, -0.2) is 36.5 Å². The molecule has 138 valence electrons. The molecule has 0 N–H and O–H groups in total. The maximum atomic E-state index is 12.6. The topological polar surface area (TPSA) is 70.4 Å². The Morgan fingerprint density at radius 2 is 1.85 bits per heavy atom. The van der Waals surface area contributed by atoms with Crippen LogP contribution in [0.3, 0.4) is 0 Å². The first kappa shape index (κ1) is 18.7. The lowest BCUT2D eigenvalue weighted by Crippen LogP contribution is -2.41. The van der Waals surface area contributed by atoms with Crippen molar-refractivity contribution in [2.24, 2.45) is 5.92 Å². The molecule has 1 atom stereocenters. The van der Waals surface area contributed by atoms with Crippen LogP contribution in [0.2, 0.25) is 0 Å².